The second-order valence-electron chi connectivity index (χ2n) is 6.32. The molecule has 1 amide bonds. The summed E-state index contributed by atoms with van der Waals surface area (Å²) in [7, 11) is 0. The zero-order chi connectivity index (χ0) is 19.9. The van der Waals surface area contributed by atoms with E-state index in [1.807, 2.05) is 43.3 Å². The lowest BCUT2D eigenvalue weighted by Crippen LogP contribution is -2.12. The molecule has 28 heavy (non-hydrogen) atoms. The number of halogens is 1. The van der Waals surface area contributed by atoms with Crippen LogP contribution in [-0.4, -0.2) is 12.5 Å². The Bertz CT molecular complexity index is 957. The van der Waals surface area contributed by atoms with Crippen LogP contribution in [0.5, 0.6) is 5.75 Å². The molecule has 0 bridgehead atoms. The first-order valence-corrected chi connectivity index (χ1v) is 10.8. The Morgan fingerprint density at radius 3 is 2.57 bits per heavy atom. The minimum atomic E-state index is -0.136. The molecule has 0 saturated carbocycles. The van der Waals surface area contributed by atoms with Gasteiger partial charge in [-0.2, -0.15) is 0 Å². The third-order valence-electron chi connectivity index (χ3n) is 4.12. The van der Waals surface area contributed by atoms with Gasteiger partial charge in [-0.15, -0.1) is 11.8 Å². The first-order chi connectivity index (χ1) is 13.5. The Hall–Kier alpha value is -2.24. The highest BCUT2D eigenvalue weighted by atomic mass is 79.9. The van der Waals surface area contributed by atoms with Crippen LogP contribution in [0.25, 0.3) is 0 Å². The smallest absolute Gasteiger partial charge is 0.255 e. The van der Waals surface area contributed by atoms with Crippen molar-refractivity contribution >= 4 is 39.3 Å². The van der Waals surface area contributed by atoms with Gasteiger partial charge in [0.2, 0.25) is 0 Å². The summed E-state index contributed by atoms with van der Waals surface area (Å²) in [5.41, 5.74) is 3.62. The third kappa shape index (κ3) is 5.63. The van der Waals surface area contributed by atoms with Crippen molar-refractivity contribution in [1.82, 2.24) is 0 Å². The summed E-state index contributed by atoms with van der Waals surface area (Å²) in [6.07, 6.45) is 0. The van der Waals surface area contributed by atoms with Crippen LogP contribution in [0.1, 0.15) is 28.4 Å². The van der Waals surface area contributed by atoms with E-state index in [0.29, 0.717) is 12.2 Å². The number of anilines is 1. The van der Waals surface area contributed by atoms with E-state index >= 15 is 0 Å². The van der Waals surface area contributed by atoms with Crippen LogP contribution in [0.2, 0.25) is 0 Å². The molecule has 3 rings (SSSR count). The summed E-state index contributed by atoms with van der Waals surface area (Å²) in [5.74, 6) is 1.42. The fraction of sp³-hybridized carbons (Fsp3) is 0.174. The van der Waals surface area contributed by atoms with E-state index in [1.165, 1.54) is 10.5 Å². The monoisotopic (exact) mass is 455 g/mol. The van der Waals surface area contributed by atoms with E-state index in [2.05, 4.69) is 52.4 Å². The predicted molar refractivity (Wildman–Crippen MR) is 120 cm³/mol. The number of rotatable bonds is 7. The number of hydrogen-bond donors (Lipinski definition) is 1. The fourth-order valence-electron chi connectivity index (χ4n) is 2.69. The van der Waals surface area contributed by atoms with E-state index in [0.717, 1.165) is 27.2 Å². The van der Waals surface area contributed by atoms with Crippen molar-refractivity contribution < 1.29 is 9.53 Å². The SMILES string of the molecule is CCOc1ccc(C(=O)Nc2cccc(Br)c2)cc1CSc1ccc(C)cc1. The van der Waals surface area contributed by atoms with E-state index in [4.69, 9.17) is 4.74 Å². The Morgan fingerprint density at radius 2 is 1.86 bits per heavy atom. The van der Waals surface area contributed by atoms with Gasteiger partial charge < -0.3 is 10.1 Å². The normalized spacial score (nSPS) is 10.5. The zero-order valence-electron chi connectivity index (χ0n) is 15.9. The van der Waals surface area contributed by atoms with Crippen LogP contribution in [0.3, 0.4) is 0 Å². The van der Waals surface area contributed by atoms with Gasteiger partial charge >= 0.3 is 0 Å². The molecule has 3 aromatic rings. The van der Waals surface area contributed by atoms with Gasteiger partial charge in [0.15, 0.2) is 0 Å². The lowest BCUT2D eigenvalue weighted by atomic mass is 10.1. The highest BCUT2D eigenvalue weighted by Gasteiger charge is 2.12. The first kappa shape index (κ1) is 20.5. The standard InChI is InChI=1S/C23H22BrNO2S/c1-3-27-22-12-9-17(23(26)25-20-6-4-5-19(24)14-20)13-18(22)15-28-21-10-7-16(2)8-11-21/h4-14H,3,15H2,1-2H3,(H,25,26). The molecule has 5 heteroatoms. The molecular formula is C23H22BrNO2S. The Balaban J connectivity index is 1.77. The van der Waals surface area contributed by atoms with Gasteiger partial charge in [-0.05, 0) is 62.4 Å². The van der Waals surface area contributed by atoms with Crippen molar-refractivity contribution in [1.29, 1.82) is 0 Å². The topological polar surface area (TPSA) is 38.3 Å². The number of thioether (sulfide) groups is 1. The minimum Gasteiger partial charge on any atom is -0.494 e. The minimum absolute atomic E-state index is 0.136. The molecule has 0 atom stereocenters. The molecule has 0 aliphatic rings. The maximum Gasteiger partial charge on any atom is 0.255 e. The summed E-state index contributed by atoms with van der Waals surface area (Å²) in [4.78, 5) is 13.9. The van der Waals surface area contributed by atoms with Crippen LogP contribution in [-0.2, 0) is 5.75 Å². The number of hydrogen-bond acceptors (Lipinski definition) is 3. The van der Waals surface area contributed by atoms with Gasteiger partial charge in [0.05, 0.1) is 6.61 Å². The zero-order valence-corrected chi connectivity index (χ0v) is 18.3. The number of aryl methyl sites for hydroxylation is 1. The average Bonchev–Trinajstić information content (AvgIpc) is 2.68. The molecule has 0 aliphatic carbocycles. The molecule has 0 spiro atoms. The summed E-state index contributed by atoms with van der Waals surface area (Å²) >= 11 is 5.15. The molecule has 0 heterocycles. The van der Waals surface area contributed by atoms with Crippen molar-refractivity contribution in [2.45, 2.75) is 24.5 Å². The molecule has 0 aliphatic heterocycles. The second-order valence-corrected chi connectivity index (χ2v) is 8.29. The number of amides is 1. The van der Waals surface area contributed by atoms with Crippen molar-refractivity contribution in [2.24, 2.45) is 0 Å². The summed E-state index contributed by atoms with van der Waals surface area (Å²) in [6.45, 7) is 4.63. The molecule has 1 N–H and O–H groups in total. The van der Waals surface area contributed by atoms with E-state index < -0.39 is 0 Å². The van der Waals surface area contributed by atoms with Crippen molar-refractivity contribution in [3.05, 3.63) is 87.9 Å². The molecule has 0 aromatic heterocycles. The van der Waals surface area contributed by atoms with Crippen LogP contribution in [0, 0.1) is 6.92 Å². The first-order valence-electron chi connectivity index (χ1n) is 9.07. The van der Waals surface area contributed by atoms with Gasteiger partial charge in [0.25, 0.3) is 5.91 Å². The maximum atomic E-state index is 12.7. The van der Waals surface area contributed by atoms with Gasteiger partial charge in [-0.25, -0.2) is 0 Å². The molecule has 144 valence electrons. The van der Waals surface area contributed by atoms with Crippen LogP contribution >= 0.6 is 27.7 Å². The average molecular weight is 456 g/mol. The molecule has 0 saturated heterocycles. The number of ether oxygens (including phenoxy) is 1. The third-order valence-corrected chi connectivity index (χ3v) is 5.67. The lowest BCUT2D eigenvalue weighted by Gasteiger charge is -2.13. The van der Waals surface area contributed by atoms with Crippen LogP contribution in [0.15, 0.2) is 76.1 Å². The maximum absolute atomic E-state index is 12.7. The van der Waals surface area contributed by atoms with Crippen LogP contribution in [0.4, 0.5) is 5.69 Å². The van der Waals surface area contributed by atoms with Crippen molar-refractivity contribution in [3.63, 3.8) is 0 Å². The number of nitrogens with one attached hydrogen (secondary N) is 1. The summed E-state index contributed by atoms with van der Waals surface area (Å²) in [5, 5.41) is 2.94. The van der Waals surface area contributed by atoms with Gasteiger partial charge in [0.1, 0.15) is 5.75 Å². The largest absolute Gasteiger partial charge is 0.494 e. The molecule has 3 aromatic carbocycles. The fourth-order valence-corrected chi connectivity index (χ4v) is 3.97. The van der Waals surface area contributed by atoms with E-state index in [1.54, 1.807) is 17.8 Å². The molecule has 0 unspecified atom stereocenters. The summed E-state index contributed by atoms with van der Waals surface area (Å²) in [6, 6.07) is 21.6. The van der Waals surface area contributed by atoms with E-state index in [9.17, 15) is 4.79 Å². The highest BCUT2D eigenvalue weighted by Crippen LogP contribution is 2.29. The quantitative estimate of drug-likeness (QED) is 0.402. The van der Waals surface area contributed by atoms with Gasteiger partial charge in [0, 0.05) is 31.9 Å². The number of carbonyl (C=O) groups excluding carboxylic acids is 1. The van der Waals surface area contributed by atoms with Crippen molar-refractivity contribution in [2.75, 3.05) is 11.9 Å². The van der Waals surface area contributed by atoms with Crippen molar-refractivity contribution in [3.8, 4) is 5.75 Å². The predicted octanol–water partition coefficient (Wildman–Crippen LogP) is 6.70. The molecular weight excluding hydrogens is 434 g/mol. The van der Waals surface area contributed by atoms with E-state index in [-0.39, 0.29) is 5.91 Å². The Kier molecular flexibility index (Phi) is 7.18. The lowest BCUT2D eigenvalue weighted by molar-refractivity contribution is 0.102. The van der Waals surface area contributed by atoms with Gasteiger partial charge in [-0.3, -0.25) is 4.79 Å². The van der Waals surface area contributed by atoms with Gasteiger partial charge in [-0.1, -0.05) is 39.7 Å². The number of benzene rings is 3. The van der Waals surface area contributed by atoms with Crippen LogP contribution < -0.4 is 10.1 Å². The molecule has 0 fully saturated rings. The molecule has 3 nitrogen and oxygen atoms in total. The number of carbonyl (C=O) groups is 1. The second kappa shape index (κ2) is 9.80. The molecule has 0 radical (unpaired) electrons. The Labute approximate surface area is 178 Å². The summed E-state index contributed by atoms with van der Waals surface area (Å²) < 4.78 is 6.69. The Morgan fingerprint density at radius 1 is 1.07 bits per heavy atom. The highest BCUT2D eigenvalue weighted by molar-refractivity contribution is 9.10.